The highest BCUT2D eigenvalue weighted by molar-refractivity contribution is 5.83. The molecule has 0 bridgehead atoms. The Morgan fingerprint density at radius 2 is 1.79 bits per heavy atom. The Morgan fingerprint density at radius 1 is 1.07 bits per heavy atom. The summed E-state index contributed by atoms with van der Waals surface area (Å²) in [4.78, 5) is 32.3. The number of carbonyl (C=O) groups excluding carboxylic acids is 2. The first-order valence-electron chi connectivity index (χ1n) is 10.1. The predicted molar refractivity (Wildman–Crippen MR) is 110 cm³/mol. The molecule has 1 fully saturated rings. The number of carbonyl (C=O) groups is 2. The molecule has 0 aliphatic carbocycles. The first-order valence-corrected chi connectivity index (χ1v) is 10.1. The van der Waals surface area contributed by atoms with Crippen molar-refractivity contribution in [2.75, 3.05) is 52.4 Å². The van der Waals surface area contributed by atoms with Crippen molar-refractivity contribution >= 4 is 11.9 Å². The molecule has 156 valence electrons. The molecular weight excluding hydrogens is 370 g/mol. The molecule has 1 aromatic carbocycles. The highest BCUT2D eigenvalue weighted by Gasteiger charge is 2.19. The van der Waals surface area contributed by atoms with Crippen LogP contribution in [0.15, 0.2) is 42.7 Å². The molecule has 1 N–H and O–H groups in total. The van der Waals surface area contributed by atoms with Crippen LogP contribution < -0.4 is 5.32 Å². The van der Waals surface area contributed by atoms with Gasteiger partial charge in [0.2, 0.25) is 5.91 Å². The highest BCUT2D eigenvalue weighted by Crippen LogP contribution is 2.16. The van der Waals surface area contributed by atoms with E-state index in [-0.39, 0.29) is 12.5 Å². The van der Waals surface area contributed by atoms with Gasteiger partial charge in [-0.2, -0.15) is 0 Å². The Labute approximate surface area is 171 Å². The fraction of sp³-hybridized carbons (Fsp3) is 0.476. The third kappa shape index (κ3) is 6.40. The number of imidazole rings is 1. The Morgan fingerprint density at radius 3 is 2.52 bits per heavy atom. The number of benzene rings is 1. The van der Waals surface area contributed by atoms with Gasteiger partial charge >= 0.3 is 5.97 Å². The standard InChI is InChI=1S/C21H29N5O3/c1-2-29-20(28)16-23-19(27)17-25-12-10-24(11-13-25)14-15-26-9-8-22-21(26)18-6-4-3-5-7-18/h3-9H,2,10-17H2,1H3,(H,23,27). The number of nitrogens with zero attached hydrogens (tertiary/aromatic N) is 4. The van der Waals surface area contributed by atoms with Crippen LogP contribution in [0.5, 0.6) is 0 Å². The number of amides is 1. The van der Waals surface area contributed by atoms with E-state index in [0.29, 0.717) is 13.2 Å². The predicted octanol–water partition coefficient (Wildman–Crippen LogP) is 0.847. The number of piperazine rings is 1. The number of nitrogens with one attached hydrogen (secondary N) is 1. The lowest BCUT2D eigenvalue weighted by Crippen LogP contribution is -2.50. The van der Waals surface area contributed by atoms with E-state index < -0.39 is 5.97 Å². The highest BCUT2D eigenvalue weighted by atomic mass is 16.5. The van der Waals surface area contributed by atoms with E-state index in [0.717, 1.165) is 50.7 Å². The summed E-state index contributed by atoms with van der Waals surface area (Å²) in [7, 11) is 0. The topological polar surface area (TPSA) is 79.7 Å². The van der Waals surface area contributed by atoms with Gasteiger partial charge in [0.1, 0.15) is 12.4 Å². The Bertz CT molecular complexity index is 785. The van der Waals surface area contributed by atoms with Gasteiger partial charge in [0.25, 0.3) is 0 Å². The number of rotatable bonds is 9. The fourth-order valence-electron chi connectivity index (χ4n) is 3.40. The second kappa shape index (κ2) is 10.7. The number of esters is 1. The van der Waals surface area contributed by atoms with Crippen LogP contribution in [-0.4, -0.2) is 83.6 Å². The lowest BCUT2D eigenvalue weighted by molar-refractivity contribution is -0.143. The maximum Gasteiger partial charge on any atom is 0.325 e. The zero-order valence-corrected chi connectivity index (χ0v) is 16.9. The van der Waals surface area contributed by atoms with Crippen LogP contribution in [0.2, 0.25) is 0 Å². The average molecular weight is 399 g/mol. The molecule has 8 nitrogen and oxygen atoms in total. The van der Waals surface area contributed by atoms with E-state index in [1.54, 1.807) is 6.92 Å². The summed E-state index contributed by atoms with van der Waals surface area (Å²) in [6.07, 6.45) is 3.86. The van der Waals surface area contributed by atoms with Gasteiger partial charge in [0.05, 0.1) is 13.2 Å². The van der Waals surface area contributed by atoms with Crippen molar-refractivity contribution in [2.24, 2.45) is 0 Å². The Hall–Kier alpha value is -2.71. The van der Waals surface area contributed by atoms with Crippen LogP contribution in [0.1, 0.15) is 6.92 Å². The molecule has 29 heavy (non-hydrogen) atoms. The van der Waals surface area contributed by atoms with E-state index in [9.17, 15) is 9.59 Å². The van der Waals surface area contributed by atoms with Crippen molar-refractivity contribution in [3.63, 3.8) is 0 Å². The van der Waals surface area contributed by atoms with Gasteiger partial charge in [0.15, 0.2) is 0 Å². The summed E-state index contributed by atoms with van der Waals surface area (Å²) in [6.45, 7) is 7.64. The largest absolute Gasteiger partial charge is 0.465 e. The molecule has 1 aliphatic rings. The summed E-state index contributed by atoms with van der Waals surface area (Å²) in [5, 5.41) is 2.61. The van der Waals surface area contributed by atoms with E-state index >= 15 is 0 Å². The van der Waals surface area contributed by atoms with Gasteiger partial charge in [-0.05, 0) is 6.92 Å². The minimum absolute atomic E-state index is 0.0682. The summed E-state index contributed by atoms with van der Waals surface area (Å²) in [5.74, 6) is 0.444. The molecular formula is C21H29N5O3. The fourth-order valence-corrected chi connectivity index (χ4v) is 3.40. The van der Waals surface area contributed by atoms with Crippen molar-refractivity contribution in [1.82, 2.24) is 24.7 Å². The number of aromatic nitrogens is 2. The maximum atomic E-state index is 12.0. The minimum atomic E-state index is -0.403. The van der Waals surface area contributed by atoms with Crippen molar-refractivity contribution in [1.29, 1.82) is 0 Å². The smallest absolute Gasteiger partial charge is 0.325 e. The molecule has 1 amide bonds. The normalized spacial score (nSPS) is 15.2. The number of hydrogen-bond acceptors (Lipinski definition) is 6. The molecule has 2 aromatic rings. The van der Waals surface area contributed by atoms with Gasteiger partial charge in [-0.15, -0.1) is 0 Å². The van der Waals surface area contributed by atoms with Crippen LogP contribution in [0, 0.1) is 0 Å². The molecule has 8 heteroatoms. The van der Waals surface area contributed by atoms with Crippen LogP contribution in [0.4, 0.5) is 0 Å². The van der Waals surface area contributed by atoms with Crippen LogP contribution in [0.3, 0.4) is 0 Å². The van der Waals surface area contributed by atoms with Crippen molar-refractivity contribution in [3.8, 4) is 11.4 Å². The number of hydrogen-bond donors (Lipinski definition) is 1. The van der Waals surface area contributed by atoms with E-state index in [1.807, 2.05) is 30.6 Å². The Kier molecular flexibility index (Phi) is 7.77. The molecule has 1 saturated heterocycles. The van der Waals surface area contributed by atoms with Gasteiger partial charge in [-0.1, -0.05) is 30.3 Å². The third-order valence-electron chi connectivity index (χ3n) is 4.97. The molecule has 0 radical (unpaired) electrons. The lowest BCUT2D eigenvalue weighted by atomic mass is 10.2. The monoisotopic (exact) mass is 399 g/mol. The number of ether oxygens (including phenoxy) is 1. The quantitative estimate of drug-likeness (QED) is 0.630. The van der Waals surface area contributed by atoms with Crippen LogP contribution in [-0.2, 0) is 20.9 Å². The van der Waals surface area contributed by atoms with Crippen LogP contribution in [0.25, 0.3) is 11.4 Å². The van der Waals surface area contributed by atoms with Gasteiger partial charge < -0.3 is 14.6 Å². The average Bonchev–Trinajstić information content (AvgIpc) is 3.21. The second-order valence-electron chi connectivity index (χ2n) is 7.01. The van der Waals surface area contributed by atoms with E-state index in [1.165, 1.54) is 0 Å². The molecule has 0 atom stereocenters. The molecule has 0 spiro atoms. The first kappa shape index (κ1) is 21.0. The summed E-state index contributed by atoms with van der Waals surface area (Å²) in [6, 6.07) is 10.2. The zero-order chi connectivity index (χ0) is 20.5. The maximum absolute atomic E-state index is 12.0. The van der Waals surface area contributed by atoms with Crippen molar-refractivity contribution in [2.45, 2.75) is 13.5 Å². The Balaban J connectivity index is 1.38. The first-order chi connectivity index (χ1) is 14.2. The van der Waals surface area contributed by atoms with Gasteiger partial charge in [0, 0.05) is 57.2 Å². The van der Waals surface area contributed by atoms with Gasteiger partial charge in [-0.3, -0.25) is 19.4 Å². The molecule has 3 rings (SSSR count). The molecule has 0 saturated carbocycles. The summed E-state index contributed by atoms with van der Waals surface area (Å²) in [5.41, 5.74) is 1.12. The minimum Gasteiger partial charge on any atom is -0.465 e. The molecule has 2 heterocycles. The van der Waals surface area contributed by atoms with Crippen LogP contribution >= 0.6 is 0 Å². The molecule has 0 unspecified atom stereocenters. The van der Waals surface area contributed by atoms with E-state index in [2.05, 4.69) is 36.8 Å². The van der Waals surface area contributed by atoms with Gasteiger partial charge in [-0.25, -0.2) is 4.98 Å². The van der Waals surface area contributed by atoms with Crippen molar-refractivity contribution in [3.05, 3.63) is 42.7 Å². The van der Waals surface area contributed by atoms with E-state index in [4.69, 9.17) is 4.74 Å². The summed E-state index contributed by atoms with van der Waals surface area (Å²) >= 11 is 0. The third-order valence-corrected chi connectivity index (χ3v) is 4.97. The SMILES string of the molecule is CCOC(=O)CNC(=O)CN1CCN(CCn2ccnc2-c2ccccc2)CC1. The zero-order valence-electron chi connectivity index (χ0n) is 16.9. The molecule has 1 aromatic heterocycles. The second-order valence-corrected chi connectivity index (χ2v) is 7.01. The van der Waals surface area contributed by atoms with Crippen molar-refractivity contribution < 1.29 is 14.3 Å². The lowest BCUT2D eigenvalue weighted by Gasteiger charge is -2.34. The molecule has 1 aliphatic heterocycles. The summed E-state index contributed by atoms with van der Waals surface area (Å²) < 4.78 is 7.00.